The van der Waals surface area contributed by atoms with Crippen molar-refractivity contribution in [2.45, 2.75) is 33.6 Å². The lowest BCUT2D eigenvalue weighted by molar-refractivity contribution is -0.116. The Morgan fingerprint density at radius 2 is 2.09 bits per heavy atom. The second-order valence-corrected chi connectivity index (χ2v) is 6.91. The molecule has 0 saturated carbocycles. The number of esters is 1. The van der Waals surface area contributed by atoms with Gasteiger partial charge in [-0.3, -0.25) is 4.79 Å². The fourth-order valence-electron chi connectivity index (χ4n) is 2.16. The molecule has 0 aliphatic rings. The quantitative estimate of drug-likeness (QED) is 0.777. The maximum Gasteiger partial charge on any atom is 0.341 e. The zero-order valence-corrected chi connectivity index (χ0v) is 14.5. The van der Waals surface area contributed by atoms with Gasteiger partial charge >= 0.3 is 5.97 Å². The SMILES string of the molecule is CCCC(=O)Nc1sc(C)c(-c2cccs2)c1C(=O)OCC. The third-order valence-electron chi connectivity index (χ3n) is 3.06. The molecule has 0 atom stereocenters. The fourth-order valence-corrected chi connectivity index (χ4v) is 4.14. The average Bonchev–Trinajstić information content (AvgIpc) is 3.06. The summed E-state index contributed by atoms with van der Waals surface area (Å²) in [5.41, 5.74) is 1.33. The minimum Gasteiger partial charge on any atom is -0.462 e. The molecule has 0 radical (unpaired) electrons. The van der Waals surface area contributed by atoms with Gasteiger partial charge in [0.05, 0.1) is 6.61 Å². The predicted octanol–water partition coefficient (Wildman–Crippen LogP) is 4.70. The van der Waals surface area contributed by atoms with Crippen LogP contribution in [-0.4, -0.2) is 18.5 Å². The van der Waals surface area contributed by atoms with E-state index in [1.807, 2.05) is 31.4 Å². The van der Waals surface area contributed by atoms with Gasteiger partial charge in [0.1, 0.15) is 10.6 Å². The van der Waals surface area contributed by atoms with Crippen LogP contribution in [0.1, 0.15) is 41.9 Å². The van der Waals surface area contributed by atoms with Gasteiger partial charge in [-0.1, -0.05) is 13.0 Å². The summed E-state index contributed by atoms with van der Waals surface area (Å²) in [5.74, 6) is -0.464. The summed E-state index contributed by atoms with van der Waals surface area (Å²) in [6, 6.07) is 3.92. The van der Waals surface area contributed by atoms with E-state index in [2.05, 4.69) is 5.32 Å². The van der Waals surface area contributed by atoms with Crippen molar-refractivity contribution in [2.24, 2.45) is 0 Å². The van der Waals surface area contributed by atoms with Gasteiger partial charge in [-0.2, -0.15) is 0 Å². The van der Waals surface area contributed by atoms with E-state index < -0.39 is 0 Å². The van der Waals surface area contributed by atoms with Crippen LogP contribution in [0, 0.1) is 6.92 Å². The molecule has 0 saturated heterocycles. The summed E-state index contributed by atoms with van der Waals surface area (Å²) in [6.07, 6.45) is 1.20. The van der Waals surface area contributed by atoms with Gasteiger partial charge < -0.3 is 10.1 Å². The Hall–Kier alpha value is -1.66. The van der Waals surface area contributed by atoms with Gasteiger partial charge in [0.2, 0.25) is 5.91 Å². The molecule has 2 aromatic rings. The fraction of sp³-hybridized carbons (Fsp3) is 0.375. The van der Waals surface area contributed by atoms with Crippen LogP contribution < -0.4 is 5.32 Å². The molecule has 6 heteroatoms. The molecule has 2 heterocycles. The molecule has 1 amide bonds. The zero-order valence-electron chi connectivity index (χ0n) is 12.9. The van der Waals surface area contributed by atoms with E-state index in [4.69, 9.17) is 4.74 Å². The van der Waals surface area contributed by atoms with Crippen molar-refractivity contribution in [3.63, 3.8) is 0 Å². The van der Waals surface area contributed by atoms with Gasteiger partial charge in [0.15, 0.2) is 0 Å². The Bertz CT molecular complexity index is 659. The van der Waals surface area contributed by atoms with Crippen LogP contribution in [0.3, 0.4) is 0 Å². The molecule has 0 spiro atoms. The molecule has 1 N–H and O–H groups in total. The summed E-state index contributed by atoms with van der Waals surface area (Å²) in [7, 11) is 0. The first kappa shape index (κ1) is 16.7. The van der Waals surface area contributed by atoms with Crippen LogP contribution in [-0.2, 0) is 9.53 Å². The molecular weight excluding hydrogens is 318 g/mol. The second-order valence-electron chi connectivity index (χ2n) is 4.73. The van der Waals surface area contributed by atoms with E-state index in [0.29, 0.717) is 23.6 Å². The highest BCUT2D eigenvalue weighted by Crippen LogP contribution is 2.42. The molecule has 4 nitrogen and oxygen atoms in total. The summed E-state index contributed by atoms with van der Waals surface area (Å²) in [4.78, 5) is 26.3. The molecule has 0 aliphatic heterocycles. The molecule has 0 bridgehead atoms. The first-order valence-electron chi connectivity index (χ1n) is 7.22. The van der Waals surface area contributed by atoms with Crippen molar-refractivity contribution >= 4 is 39.6 Å². The Morgan fingerprint density at radius 1 is 1.32 bits per heavy atom. The molecule has 0 fully saturated rings. The summed E-state index contributed by atoms with van der Waals surface area (Å²) < 4.78 is 5.18. The molecule has 2 rings (SSSR count). The average molecular weight is 337 g/mol. The number of rotatable bonds is 6. The number of thiophene rings is 2. The third-order valence-corrected chi connectivity index (χ3v) is 4.97. The molecular formula is C16H19NO3S2. The summed E-state index contributed by atoms with van der Waals surface area (Å²) >= 11 is 2.99. The van der Waals surface area contributed by atoms with E-state index in [1.165, 1.54) is 11.3 Å². The van der Waals surface area contributed by atoms with E-state index in [0.717, 1.165) is 21.7 Å². The van der Waals surface area contributed by atoms with Crippen LogP contribution in [0.25, 0.3) is 10.4 Å². The Kier molecular flexibility index (Phi) is 5.74. The normalized spacial score (nSPS) is 10.5. The standard InChI is InChI=1S/C16H19NO3S2/c1-4-7-12(18)17-15-14(16(19)20-5-2)13(10(3)22-15)11-8-6-9-21-11/h6,8-9H,4-5,7H2,1-3H3,(H,17,18). The van der Waals surface area contributed by atoms with Crippen molar-refractivity contribution in [1.29, 1.82) is 0 Å². The highest BCUT2D eigenvalue weighted by molar-refractivity contribution is 7.18. The number of aryl methyl sites for hydroxylation is 1. The van der Waals surface area contributed by atoms with Crippen molar-refractivity contribution in [2.75, 3.05) is 11.9 Å². The monoisotopic (exact) mass is 337 g/mol. The number of hydrogen-bond donors (Lipinski definition) is 1. The highest BCUT2D eigenvalue weighted by Gasteiger charge is 2.25. The molecule has 22 heavy (non-hydrogen) atoms. The predicted molar refractivity (Wildman–Crippen MR) is 91.9 cm³/mol. The van der Waals surface area contributed by atoms with Gasteiger partial charge in [0.25, 0.3) is 0 Å². The van der Waals surface area contributed by atoms with Crippen LogP contribution in [0.2, 0.25) is 0 Å². The lowest BCUT2D eigenvalue weighted by atomic mass is 10.1. The number of hydrogen-bond acceptors (Lipinski definition) is 5. The maximum absolute atomic E-state index is 12.4. The van der Waals surface area contributed by atoms with E-state index >= 15 is 0 Å². The molecule has 2 aromatic heterocycles. The number of ether oxygens (including phenoxy) is 1. The lowest BCUT2D eigenvalue weighted by Crippen LogP contribution is -2.14. The molecule has 118 valence electrons. The van der Waals surface area contributed by atoms with Crippen molar-refractivity contribution < 1.29 is 14.3 Å². The van der Waals surface area contributed by atoms with E-state index in [1.54, 1.807) is 18.3 Å². The number of carbonyl (C=O) groups is 2. The van der Waals surface area contributed by atoms with Crippen molar-refractivity contribution in [1.82, 2.24) is 0 Å². The summed E-state index contributed by atoms with van der Waals surface area (Å²) in [6.45, 7) is 5.98. The summed E-state index contributed by atoms with van der Waals surface area (Å²) in [5, 5.41) is 5.41. The Balaban J connectivity index is 2.47. The van der Waals surface area contributed by atoms with E-state index in [-0.39, 0.29) is 11.9 Å². The lowest BCUT2D eigenvalue weighted by Gasteiger charge is -2.07. The first-order valence-corrected chi connectivity index (χ1v) is 8.92. The number of nitrogens with one attached hydrogen (secondary N) is 1. The highest BCUT2D eigenvalue weighted by atomic mass is 32.1. The van der Waals surface area contributed by atoms with Crippen molar-refractivity contribution in [3.8, 4) is 10.4 Å². The van der Waals surface area contributed by atoms with Gasteiger partial charge in [-0.05, 0) is 31.7 Å². The second kappa shape index (κ2) is 7.56. The first-order chi connectivity index (χ1) is 10.6. The molecule has 0 aliphatic carbocycles. The maximum atomic E-state index is 12.4. The third kappa shape index (κ3) is 3.56. The Morgan fingerprint density at radius 3 is 2.68 bits per heavy atom. The largest absolute Gasteiger partial charge is 0.462 e. The van der Waals surface area contributed by atoms with Crippen LogP contribution >= 0.6 is 22.7 Å². The van der Waals surface area contributed by atoms with Gasteiger partial charge in [-0.15, -0.1) is 22.7 Å². The van der Waals surface area contributed by atoms with Crippen LogP contribution in [0.4, 0.5) is 5.00 Å². The minimum absolute atomic E-state index is 0.0768. The molecule has 0 unspecified atom stereocenters. The van der Waals surface area contributed by atoms with Gasteiger partial charge in [0, 0.05) is 21.7 Å². The number of carbonyl (C=O) groups excluding carboxylic acids is 2. The number of amides is 1. The topological polar surface area (TPSA) is 55.4 Å². The zero-order chi connectivity index (χ0) is 16.1. The van der Waals surface area contributed by atoms with Crippen molar-refractivity contribution in [3.05, 3.63) is 28.0 Å². The minimum atomic E-state index is -0.387. The molecule has 0 aromatic carbocycles. The smallest absolute Gasteiger partial charge is 0.341 e. The van der Waals surface area contributed by atoms with Crippen LogP contribution in [0.15, 0.2) is 17.5 Å². The number of anilines is 1. The van der Waals surface area contributed by atoms with Crippen LogP contribution in [0.5, 0.6) is 0 Å². The van der Waals surface area contributed by atoms with E-state index in [9.17, 15) is 9.59 Å². The Labute approximate surface area is 138 Å². The van der Waals surface area contributed by atoms with Gasteiger partial charge in [-0.25, -0.2) is 4.79 Å².